The number of nitrogens with two attached hydrogens (primary N) is 1. The Hall–Kier alpha value is -3.54. The molecule has 0 spiro atoms. The molecular formula is C23H32ClN5O6. The van der Waals surface area contributed by atoms with Gasteiger partial charge in [0.25, 0.3) is 0 Å². The van der Waals surface area contributed by atoms with Gasteiger partial charge in [-0.15, -0.1) is 12.4 Å². The molecule has 0 aliphatic heterocycles. The Balaban J connectivity index is 0.00000612. The largest absolute Gasteiger partial charge is 0.493 e. The Morgan fingerprint density at radius 2 is 1.77 bits per heavy atom. The molecule has 0 bridgehead atoms. The van der Waals surface area contributed by atoms with Crippen LogP contribution in [-0.2, 0) is 16.1 Å². The van der Waals surface area contributed by atoms with Gasteiger partial charge in [0.1, 0.15) is 24.0 Å². The fraction of sp³-hybridized carbons (Fsp3) is 0.348. The predicted molar refractivity (Wildman–Crippen MR) is 134 cm³/mol. The molecule has 0 saturated heterocycles. The highest BCUT2D eigenvalue weighted by atomic mass is 35.5. The number of nitrogen functional groups attached to an aromatic ring is 1. The van der Waals surface area contributed by atoms with Crippen LogP contribution in [0.25, 0.3) is 0 Å². The quantitative estimate of drug-likeness (QED) is 0.158. The van der Waals surface area contributed by atoms with Crippen LogP contribution < -0.4 is 31.2 Å². The van der Waals surface area contributed by atoms with Gasteiger partial charge in [0, 0.05) is 17.8 Å². The van der Waals surface area contributed by atoms with Gasteiger partial charge < -0.3 is 41.4 Å². The van der Waals surface area contributed by atoms with Crippen LogP contribution in [0.5, 0.6) is 11.5 Å². The van der Waals surface area contributed by atoms with Crippen LogP contribution in [0.3, 0.4) is 0 Å². The van der Waals surface area contributed by atoms with E-state index in [0.717, 1.165) is 5.56 Å². The Bertz CT molecular complexity index is 1020. The summed E-state index contributed by atoms with van der Waals surface area (Å²) in [5, 5.41) is 35.2. The summed E-state index contributed by atoms with van der Waals surface area (Å²) in [5.74, 6) is -0.209. The Labute approximate surface area is 209 Å². The summed E-state index contributed by atoms with van der Waals surface area (Å²) >= 11 is 0. The number of carbonyl (C=O) groups excluding carboxylic acids is 2. The van der Waals surface area contributed by atoms with Crippen LogP contribution in [0.1, 0.15) is 18.1 Å². The third-order valence-corrected chi connectivity index (χ3v) is 5.02. The molecule has 192 valence electrons. The molecule has 11 nitrogen and oxygen atoms in total. The first-order chi connectivity index (χ1) is 16.2. The van der Waals surface area contributed by atoms with E-state index in [1.807, 2.05) is 0 Å². The molecule has 2 rings (SSSR count). The number of benzene rings is 2. The van der Waals surface area contributed by atoms with Crippen molar-refractivity contribution in [3.8, 4) is 11.5 Å². The van der Waals surface area contributed by atoms with Gasteiger partial charge in [0.2, 0.25) is 11.8 Å². The minimum absolute atomic E-state index is 0. The molecule has 2 aromatic carbocycles. The zero-order valence-electron chi connectivity index (χ0n) is 19.7. The number of rotatable bonds is 12. The molecule has 0 aliphatic carbocycles. The molecule has 0 aliphatic rings. The third-order valence-electron chi connectivity index (χ3n) is 5.02. The van der Waals surface area contributed by atoms with Crippen molar-refractivity contribution in [1.82, 2.24) is 10.6 Å². The molecule has 8 N–H and O–H groups in total. The normalized spacial score (nSPS) is 12.8. The topological polar surface area (TPSA) is 179 Å². The molecule has 3 unspecified atom stereocenters. The van der Waals surface area contributed by atoms with E-state index >= 15 is 0 Å². The number of anilines is 1. The maximum Gasteiger partial charge on any atom is 0.245 e. The van der Waals surface area contributed by atoms with Crippen molar-refractivity contribution in [2.24, 2.45) is 5.73 Å². The molecule has 0 aromatic heterocycles. The first-order valence-corrected chi connectivity index (χ1v) is 10.5. The fourth-order valence-corrected chi connectivity index (χ4v) is 3.10. The molecular weight excluding hydrogens is 478 g/mol. The highest BCUT2D eigenvalue weighted by molar-refractivity contribution is 5.96. The number of aliphatic hydroxyl groups is 2. The number of hydrogen-bond donors (Lipinski definition) is 7. The lowest BCUT2D eigenvalue weighted by Gasteiger charge is -2.25. The number of amides is 2. The number of methoxy groups -OCH3 is 2. The van der Waals surface area contributed by atoms with Crippen LogP contribution in [0.4, 0.5) is 5.69 Å². The van der Waals surface area contributed by atoms with Gasteiger partial charge in [0.15, 0.2) is 11.5 Å². The summed E-state index contributed by atoms with van der Waals surface area (Å²) in [6, 6.07) is 9.45. The number of amidine groups is 1. The van der Waals surface area contributed by atoms with Gasteiger partial charge in [-0.2, -0.15) is 0 Å². The molecule has 0 saturated carbocycles. The molecule has 3 atom stereocenters. The van der Waals surface area contributed by atoms with E-state index < -0.39 is 36.6 Å². The molecule has 2 aromatic rings. The lowest BCUT2D eigenvalue weighted by molar-refractivity contribution is -0.130. The van der Waals surface area contributed by atoms with Crippen molar-refractivity contribution in [2.45, 2.75) is 31.7 Å². The standard InChI is InChI=1S/C23H31N5O6.ClH/c1-13(22(31)26-11-14-7-8-18(33-2)19(9-14)34-3)27-23(32)20(17(30)12-29)28-16-6-4-5-15(10-16)21(24)25;/h4-10,13,17,20,28-30H,11-12H2,1-3H3,(H3,24,25)(H,26,31)(H,27,32);1H. The van der Waals surface area contributed by atoms with Crippen molar-refractivity contribution < 1.29 is 29.3 Å². The number of halogens is 1. The molecule has 2 amide bonds. The summed E-state index contributed by atoms with van der Waals surface area (Å²) in [6.07, 6.45) is -1.44. The van der Waals surface area contributed by atoms with Gasteiger partial charge in [-0.1, -0.05) is 18.2 Å². The summed E-state index contributed by atoms with van der Waals surface area (Å²) in [7, 11) is 3.04. The smallest absolute Gasteiger partial charge is 0.245 e. The first kappa shape index (κ1) is 29.5. The Kier molecular flexibility index (Phi) is 11.8. The van der Waals surface area contributed by atoms with Gasteiger partial charge in [0.05, 0.1) is 20.8 Å². The van der Waals surface area contributed by atoms with Gasteiger partial charge in [-0.25, -0.2) is 0 Å². The summed E-state index contributed by atoms with van der Waals surface area (Å²) in [4.78, 5) is 25.3. The minimum Gasteiger partial charge on any atom is -0.493 e. The van der Waals surface area contributed by atoms with Crippen LogP contribution >= 0.6 is 12.4 Å². The van der Waals surface area contributed by atoms with E-state index in [4.69, 9.17) is 20.6 Å². The zero-order chi connectivity index (χ0) is 25.3. The fourth-order valence-electron chi connectivity index (χ4n) is 3.10. The molecule has 0 radical (unpaired) electrons. The van der Waals surface area contributed by atoms with Crippen molar-refractivity contribution in [3.05, 3.63) is 53.6 Å². The molecule has 0 heterocycles. The highest BCUT2D eigenvalue weighted by Crippen LogP contribution is 2.27. The van der Waals surface area contributed by atoms with Crippen molar-refractivity contribution in [1.29, 1.82) is 5.41 Å². The van der Waals surface area contributed by atoms with Gasteiger partial charge in [-0.3, -0.25) is 15.0 Å². The number of hydrogen-bond acceptors (Lipinski definition) is 8. The minimum atomic E-state index is -1.44. The average Bonchev–Trinajstić information content (AvgIpc) is 2.84. The van der Waals surface area contributed by atoms with Crippen molar-refractivity contribution in [3.63, 3.8) is 0 Å². The second-order valence-corrected chi connectivity index (χ2v) is 7.50. The second kappa shape index (κ2) is 14.0. The second-order valence-electron chi connectivity index (χ2n) is 7.50. The Morgan fingerprint density at radius 3 is 2.37 bits per heavy atom. The Morgan fingerprint density at radius 1 is 1.09 bits per heavy atom. The third kappa shape index (κ3) is 8.32. The number of aliphatic hydroxyl groups excluding tert-OH is 2. The lowest BCUT2D eigenvalue weighted by atomic mass is 10.1. The first-order valence-electron chi connectivity index (χ1n) is 10.5. The number of ether oxygens (including phenoxy) is 2. The van der Waals surface area contributed by atoms with Crippen LogP contribution in [0.15, 0.2) is 42.5 Å². The van der Waals surface area contributed by atoms with E-state index in [0.29, 0.717) is 22.7 Å². The molecule has 12 heteroatoms. The van der Waals surface area contributed by atoms with Crippen molar-refractivity contribution >= 4 is 35.7 Å². The summed E-state index contributed by atoms with van der Waals surface area (Å²) < 4.78 is 10.4. The van der Waals surface area contributed by atoms with E-state index in [1.54, 1.807) is 36.4 Å². The monoisotopic (exact) mass is 509 g/mol. The maximum absolute atomic E-state index is 12.8. The molecule has 35 heavy (non-hydrogen) atoms. The van der Waals surface area contributed by atoms with Crippen LogP contribution in [0.2, 0.25) is 0 Å². The SMILES string of the molecule is COc1ccc(CNC(=O)C(C)NC(=O)C(Nc2cccc(C(=N)N)c2)C(O)CO)cc1OC.Cl. The van der Waals surface area contributed by atoms with E-state index in [9.17, 15) is 19.8 Å². The van der Waals surface area contributed by atoms with Crippen molar-refractivity contribution in [2.75, 3.05) is 26.1 Å². The predicted octanol–water partition coefficient (Wildman–Crippen LogP) is 0.364. The highest BCUT2D eigenvalue weighted by Gasteiger charge is 2.29. The summed E-state index contributed by atoms with van der Waals surface area (Å²) in [5.41, 5.74) is 7.09. The summed E-state index contributed by atoms with van der Waals surface area (Å²) in [6.45, 7) is 1.01. The lowest BCUT2D eigenvalue weighted by Crippen LogP contribution is -2.53. The maximum atomic E-state index is 12.8. The average molecular weight is 510 g/mol. The van der Waals surface area contributed by atoms with Crippen LogP contribution in [0, 0.1) is 5.41 Å². The van der Waals surface area contributed by atoms with E-state index in [-0.39, 0.29) is 24.8 Å². The van der Waals surface area contributed by atoms with Crippen LogP contribution in [-0.4, -0.2) is 66.9 Å². The van der Waals surface area contributed by atoms with Gasteiger partial charge >= 0.3 is 0 Å². The van der Waals surface area contributed by atoms with E-state index in [1.165, 1.54) is 27.2 Å². The van der Waals surface area contributed by atoms with Gasteiger partial charge in [-0.05, 0) is 36.8 Å². The molecule has 0 fully saturated rings. The van der Waals surface area contributed by atoms with E-state index in [2.05, 4.69) is 16.0 Å². The number of carbonyl (C=O) groups is 2. The zero-order valence-corrected chi connectivity index (χ0v) is 20.5. The number of nitrogens with one attached hydrogen (secondary N) is 4.